The molecule has 7 heteroatoms. The van der Waals surface area contributed by atoms with Crippen LogP contribution < -0.4 is 5.56 Å². The summed E-state index contributed by atoms with van der Waals surface area (Å²) in [4.78, 5) is 11.4. The van der Waals surface area contributed by atoms with Crippen LogP contribution in [0.25, 0.3) is 0 Å². The second-order valence-electron chi connectivity index (χ2n) is 4.18. The molecule has 0 saturated heterocycles. The van der Waals surface area contributed by atoms with E-state index in [9.17, 15) is 23.1 Å². The van der Waals surface area contributed by atoms with Crippen LogP contribution in [0.3, 0.4) is 0 Å². The summed E-state index contributed by atoms with van der Waals surface area (Å²) < 4.78 is 38.7. The van der Waals surface area contributed by atoms with Gasteiger partial charge in [-0.25, -0.2) is 4.68 Å². The van der Waals surface area contributed by atoms with Gasteiger partial charge in [-0.15, -0.1) is 0 Å². The zero-order chi connectivity index (χ0) is 14.8. The van der Waals surface area contributed by atoms with E-state index < -0.39 is 23.4 Å². The monoisotopic (exact) mass is 284 g/mol. The summed E-state index contributed by atoms with van der Waals surface area (Å²) in [6.45, 7) is -0.207. The highest BCUT2D eigenvalue weighted by Gasteiger charge is 2.30. The van der Waals surface area contributed by atoms with Crippen molar-refractivity contribution in [3.05, 3.63) is 64.1 Å². The third-order valence-electron chi connectivity index (χ3n) is 2.73. The normalized spacial score (nSPS) is 13.2. The van der Waals surface area contributed by atoms with Crippen LogP contribution in [0.5, 0.6) is 0 Å². The van der Waals surface area contributed by atoms with Gasteiger partial charge in [-0.05, 0) is 23.8 Å². The maximum absolute atomic E-state index is 12.6. The predicted octanol–water partition coefficient (Wildman–Crippen LogP) is 2.00. The quantitative estimate of drug-likeness (QED) is 0.938. The number of hydrogen-bond acceptors (Lipinski definition) is 3. The SMILES string of the molecule is O=c1cccnn1CC(O)c1cccc(C(F)(F)F)c1. The van der Waals surface area contributed by atoms with Crippen molar-refractivity contribution in [1.82, 2.24) is 9.78 Å². The summed E-state index contributed by atoms with van der Waals surface area (Å²) in [5.74, 6) is 0. The smallest absolute Gasteiger partial charge is 0.386 e. The van der Waals surface area contributed by atoms with Crippen LogP contribution in [0, 0.1) is 0 Å². The number of aromatic nitrogens is 2. The first-order valence-electron chi connectivity index (χ1n) is 5.75. The van der Waals surface area contributed by atoms with E-state index in [1.54, 1.807) is 0 Å². The highest BCUT2D eigenvalue weighted by atomic mass is 19.4. The lowest BCUT2D eigenvalue weighted by atomic mass is 10.1. The molecule has 1 atom stereocenters. The Kier molecular flexibility index (Phi) is 3.89. The fraction of sp³-hybridized carbons (Fsp3) is 0.231. The lowest BCUT2D eigenvalue weighted by molar-refractivity contribution is -0.137. The van der Waals surface area contributed by atoms with Gasteiger partial charge in [0, 0.05) is 12.3 Å². The van der Waals surface area contributed by atoms with E-state index in [1.807, 2.05) is 0 Å². The van der Waals surface area contributed by atoms with Gasteiger partial charge >= 0.3 is 6.18 Å². The van der Waals surface area contributed by atoms with Crippen molar-refractivity contribution in [2.45, 2.75) is 18.8 Å². The maximum atomic E-state index is 12.6. The van der Waals surface area contributed by atoms with Gasteiger partial charge in [-0.1, -0.05) is 12.1 Å². The minimum atomic E-state index is -4.47. The van der Waals surface area contributed by atoms with Crippen molar-refractivity contribution in [3.8, 4) is 0 Å². The van der Waals surface area contributed by atoms with Gasteiger partial charge in [-0.3, -0.25) is 4.79 Å². The first-order valence-corrected chi connectivity index (χ1v) is 5.75. The average molecular weight is 284 g/mol. The molecular formula is C13H11F3N2O2. The van der Waals surface area contributed by atoms with Gasteiger partial charge in [0.05, 0.1) is 18.2 Å². The van der Waals surface area contributed by atoms with Gasteiger partial charge in [0.25, 0.3) is 5.56 Å². The first kappa shape index (κ1) is 14.3. The summed E-state index contributed by atoms with van der Waals surface area (Å²) >= 11 is 0. The number of aliphatic hydroxyl groups excluding tert-OH is 1. The van der Waals surface area contributed by atoms with E-state index in [1.165, 1.54) is 30.5 Å². The Hall–Kier alpha value is -2.15. The van der Waals surface area contributed by atoms with Crippen LogP contribution >= 0.6 is 0 Å². The number of benzene rings is 1. The number of halogens is 3. The predicted molar refractivity (Wildman–Crippen MR) is 64.9 cm³/mol. The Morgan fingerprint density at radius 2 is 2.00 bits per heavy atom. The van der Waals surface area contributed by atoms with Crippen LogP contribution in [0.15, 0.2) is 47.4 Å². The molecule has 0 aliphatic carbocycles. The third-order valence-corrected chi connectivity index (χ3v) is 2.73. The van der Waals surface area contributed by atoms with E-state index in [2.05, 4.69) is 5.10 Å². The summed E-state index contributed by atoms with van der Waals surface area (Å²) in [7, 11) is 0. The number of nitrogens with zero attached hydrogens (tertiary/aromatic N) is 2. The summed E-state index contributed by atoms with van der Waals surface area (Å²) in [6.07, 6.45) is -4.36. The van der Waals surface area contributed by atoms with Gasteiger partial charge in [0.2, 0.25) is 0 Å². The molecule has 0 spiro atoms. The van der Waals surface area contributed by atoms with E-state index >= 15 is 0 Å². The zero-order valence-electron chi connectivity index (χ0n) is 10.2. The molecule has 1 N–H and O–H groups in total. The molecule has 20 heavy (non-hydrogen) atoms. The highest BCUT2D eigenvalue weighted by molar-refractivity contribution is 5.27. The Bertz CT molecular complexity index is 652. The first-order chi connectivity index (χ1) is 9.38. The van der Waals surface area contributed by atoms with Crippen molar-refractivity contribution in [1.29, 1.82) is 0 Å². The van der Waals surface area contributed by atoms with Crippen molar-refractivity contribution < 1.29 is 18.3 Å². The van der Waals surface area contributed by atoms with Gasteiger partial charge in [0.1, 0.15) is 0 Å². The number of rotatable bonds is 3. The van der Waals surface area contributed by atoms with Gasteiger partial charge in [-0.2, -0.15) is 18.3 Å². The maximum Gasteiger partial charge on any atom is 0.416 e. The number of aliphatic hydroxyl groups is 1. The standard InChI is InChI=1S/C13H11F3N2O2/c14-13(15,16)10-4-1-3-9(7-10)11(19)8-18-12(20)5-2-6-17-18/h1-7,11,19H,8H2. The minimum Gasteiger partial charge on any atom is -0.386 e. The molecule has 1 aromatic carbocycles. The third kappa shape index (κ3) is 3.24. The molecule has 0 fully saturated rings. The molecule has 0 bridgehead atoms. The minimum absolute atomic E-state index is 0.0809. The molecule has 4 nitrogen and oxygen atoms in total. The van der Waals surface area contributed by atoms with Crippen molar-refractivity contribution in [3.63, 3.8) is 0 Å². The Morgan fingerprint density at radius 1 is 1.25 bits per heavy atom. The molecule has 0 amide bonds. The molecule has 1 unspecified atom stereocenters. The fourth-order valence-electron chi connectivity index (χ4n) is 1.72. The van der Waals surface area contributed by atoms with Crippen LogP contribution in [0.4, 0.5) is 13.2 Å². The molecule has 0 saturated carbocycles. The van der Waals surface area contributed by atoms with Crippen LogP contribution in [-0.4, -0.2) is 14.9 Å². The highest BCUT2D eigenvalue weighted by Crippen LogP contribution is 2.30. The molecule has 106 valence electrons. The summed E-state index contributed by atoms with van der Waals surface area (Å²) in [5.41, 5.74) is -1.20. The van der Waals surface area contributed by atoms with Crippen molar-refractivity contribution >= 4 is 0 Å². The van der Waals surface area contributed by atoms with Crippen molar-refractivity contribution in [2.75, 3.05) is 0 Å². The second kappa shape index (κ2) is 5.46. The molecular weight excluding hydrogens is 273 g/mol. The average Bonchev–Trinajstić information content (AvgIpc) is 2.40. The van der Waals surface area contributed by atoms with Gasteiger partial charge < -0.3 is 5.11 Å². The number of hydrogen-bond donors (Lipinski definition) is 1. The second-order valence-corrected chi connectivity index (χ2v) is 4.18. The Morgan fingerprint density at radius 3 is 2.65 bits per heavy atom. The zero-order valence-corrected chi connectivity index (χ0v) is 10.2. The largest absolute Gasteiger partial charge is 0.416 e. The molecule has 1 heterocycles. The number of alkyl halides is 3. The Balaban J connectivity index is 2.24. The van der Waals surface area contributed by atoms with E-state index in [0.717, 1.165) is 16.8 Å². The van der Waals surface area contributed by atoms with E-state index in [4.69, 9.17) is 0 Å². The van der Waals surface area contributed by atoms with E-state index in [0.29, 0.717) is 0 Å². The fourth-order valence-corrected chi connectivity index (χ4v) is 1.72. The molecule has 0 radical (unpaired) electrons. The van der Waals surface area contributed by atoms with Crippen LogP contribution in [0.2, 0.25) is 0 Å². The van der Waals surface area contributed by atoms with Gasteiger partial charge in [0.15, 0.2) is 0 Å². The van der Waals surface area contributed by atoms with Crippen LogP contribution in [-0.2, 0) is 12.7 Å². The molecule has 0 aliphatic rings. The van der Waals surface area contributed by atoms with Crippen molar-refractivity contribution in [2.24, 2.45) is 0 Å². The lowest BCUT2D eigenvalue weighted by Gasteiger charge is -2.14. The molecule has 2 rings (SSSR count). The van der Waals surface area contributed by atoms with Crippen LogP contribution in [0.1, 0.15) is 17.2 Å². The molecule has 1 aromatic heterocycles. The Labute approximate surface area is 112 Å². The van der Waals surface area contributed by atoms with E-state index in [-0.39, 0.29) is 12.1 Å². The molecule has 2 aromatic rings. The lowest BCUT2D eigenvalue weighted by Crippen LogP contribution is -2.24. The molecule has 0 aliphatic heterocycles. The topological polar surface area (TPSA) is 55.1 Å². The summed E-state index contributed by atoms with van der Waals surface area (Å²) in [5, 5.41) is 13.7. The summed E-state index contributed by atoms with van der Waals surface area (Å²) in [6, 6.07) is 7.06.